The Morgan fingerprint density at radius 3 is 1.35 bits per heavy atom. The maximum atomic E-state index is 14.1. The van der Waals surface area contributed by atoms with Gasteiger partial charge in [0.1, 0.15) is 11.4 Å². The standard InChI is InChI=1S/C25H32N6O3/c1-9-17-26-28-24(33-17)21-13(5)19(15(7)30(21)11-3)23(32)20-14(6)22(31(12-4)16(20)8)25-29-27-18(10-2)34-25/h9-12H2,1-8H3. The highest BCUT2D eigenvalue weighted by Crippen LogP contribution is 2.36. The first-order valence-corrected chi connectivity index (χ1v) is 11.9. The second-order valence-corrected chi connectivity index (χ2v) is 8.39. The van der Waals surface area contributed by atoms with E-state index in [-0.39, 0.29) is 5.78 Å². The SMILES string of the molecule is CCc1nnc(-c2c(C)c(C(=O)c3c(C)c(-c4nnc(CC)o4)n(CC)c3C)c(C)n2CC)o1. The van der Waals surface area contributed by atoms with Gasteiger partial charge in [0.05, 0.1) is 0 Å². The molecular formula is C25H32N6O3. The number of hydrogen-bond acceptors (Lipinski definition) is 7. The summed E-state index contributed by atoms with van der Waals surface area (Å²) in [5, 5.41) is 16.7. The highest BCUT2D eigenvalue weighted by atomic mass is 16.4. The summed E-state index contributed by atoms with van der Waals surface area (Å²) in [5.74, 6) is 2.00. The first-order valence-electron chi connectivity index (χ1n) is 11.9. The van der Waals surface area contributed by atoms with Crippen molar-refractivity contribution in [3.05, 3.63) is 45.4 Å². The van der Waals surface area contributed by atoms with Gasteiger partial charge in [-0.15, -0.1) is 20.4 Å². The molecule has 0 N–H and O–H groups in total. The summed E-state index contributed by atoms with van der Waals surface area (Å²) in [6, 6.07) is 0. The molecule has 0 spiro atoms. The minimum atomic E-state index is -0.0302. The van der Waals surface area contributed by atoms with Crippen molar-refractivity contribution in [2.24, 2.45) is 0 Å². The second-order valence-electron chi connectivity index (χ2n) is 8.39. The summed E-state index contributed by atoms with van der Waals surface area (Å²) in [6.07, 6.45) is 1.32. The quantitative estimate of drug-likeness (QED) is 0.337. The van der Waals surface area contributed by atoms with Crippen LogP contribution in [0.5, 0.6) is 0 Å². The predicted octanol–water partition coefficient (Wildman–Crippen LogP) is 5.02. The molecule has 0 bridgehead atoms. The van der Waals surface area contributed by atoms with E-state index in [4.69, 9.17) is 8.83 Å². The molecule has 0 aliphatic heterocycles. The van der Waals surface area contributed by atoms with Crippen LogP contribution in [0.25, 0.3) is 23.2 Å². The lowest BCUT2D eigenvalue weighted by molar-refractivity contribution is 0.103. The fourth-order valence-electron chi connectivity index (χ4n) is 4.91. The maximum absolute atomic E-state index is 14.1. The molecule has 4 aromatic rings. The Morgan fingerprint density at radius 1 is 0.676 bits per heavy atom. The number of rotatable bonds is 8. The number of aromatic nitrogens is 6. The molecule has 0 aromatic carbocycles. The van der Waals surface area contributed by atoms with Crippen molar-refractivity contribution in [2.45, 2.75) is 81.3 Å². The Bertz CT molecular complexity index is 1270. The van der Waals surface area contributed by atoms with Crippen LogP contribution in [0, 0.1) is 27.7 Å². The van der Waals surface area contributed by atoms with Gasteiger partial charge >= 0.3 is 0 Å². The van der Waals surface area contributed by atoms with Crippen LogP contribution in [0.3, 0.4) is 0 Å². The molecule has 9 nitrogen and oxygen atoms in total. The average Bonchev–Trinajstić information content (AvgIpc) is 3.57. The Labute approximate surface area is 199 Å². The Hall–Kier alpha value is -3.49. The Morgan fingerprint density at radius 2 is 1.06 bits per heavy atom. The first-order chi connectivity index (χ1) is 16.3. The molecule has 0 unspecified atom stereocenters. The van der Waals surface area contributed by atoms with Gasteiger partial charge in [0.15, 0.2) is 5.78 Å². The molecule has 0 amide bonds. The van der Waals surface area contributed by atoms with Crippen LogP contribution in [0.2, 0.25) is 0 Å². The summed E-state index contributed by atoms with van der Waals surface area (Å²) in [6.45, 7) is 17.2. The van der Waals surface area contributed by atoms with E-state index in [9.17, 15) is 4.79 Å². The third-order valence-corrected chi connectivity index (χ3v) is 6.56. The average molecular weight is 465 g/mol. The van der Waals surface area contributed by atoms with E-state index in [0.29, 0.717) is 60.6 Å². The number of ketones is 1. The van der Waals surface area contributed by atoms with E-state index in [1.807, 2.05) is 55.4 Å². The van der Waals surface area contributed by atoms with Gasteiger partial charge in [0.2, 0.25) is 11.8 Å². The van der Waals surface area contributed by atoms with Gasteiger partial charge in [0, 0.05) is 48.4 Å². The summed E-state index contributed by atoms with van der Waals surface area (Å²) in [7, 11) is 0. The third kappa shape index (κ3) is 3.50. The molecule has 180 valence electrons. The van der Waals surface area contributed by atoms with Crippen molar-refractivity contribution < 1.29 is 13.6 Å². The molecular weight excluding hydrogens is 432 g/mol. The van der Waals surface area contributed by atoms with Gasteiger partial charge in [-0.2, -0.15) is 0 Å². The van der Waals surface area contributed by atoms with Crippen molar-refractivity contribution in [1.82, 2.24) is 29.5 Å². The molecule has 9 heteroatoms. The first kappa shape index (κ1) is 23.7. The molecule has 0 atom stereocenters. The van der Waals surface area contributed by atoms with E-state index in [1.54, 1.807) is 0 Å². The minimum Gasteiger partial charge on any atom is -0.419 e. The van der Waals surface area contributed by atoms with Crippen molar-refractivity contribution in [3.8, 4) is 23.2 Å². The molecule has 0 aliphatic rings. The van der Waals surface area contributed by atoms with Crippen LogP contribution in [-0.4, -0.2) is 35.3 Å². The Balaban J connectivity index is 1.90. The van der Waals surface area contributed by atoms with Crippen LogP contribution >= 0.6 is 0 Å². The molecule has 4 rings (SSSR count). The topological polar surface area (TPSA) is 105 Å². The number of nitrogens with zero attached hydrogens (tertiary/aromatic N) is 6. The van der Waals surface area contributed by atoms with Gasteiger partial charge in [0.25, 0.3) is 11.8 Å². The smallest absolute Gasteiger partial charge is 0.264 e. The molecule has 0 radical (unpaired) electrons. The van der Waals surface area contributed by atoms with E-state index in [1.165, 1.54) is 0 Å². The number of aryl methyl sites for hydroxylation is 2. The van der Waals surface area contributed by atoms with E-state index in [2.05, 4.69) is 29.5 Å². The molecule has 0 fully saturated rings. The van der Waals surface area contributed by atoms with Crippen molar-refractivity contribution in [1.29, 1.82) is 0 Å². The fourth-order valence-corrected chi connectivity index (χ4v) is 4.91. The summed E-state index contributed by atoms with van der Waals surface area (Å²) in [5.41, 5.74) is 6.37. The van der Waals surface area contributed by atoms with Crippen LogP contribution in [0.4, 0.5) is 0 Å². The van der Waals surface area contributed by atoms with Crippen molar-refractivity contribution in [2.75, 3.05) is 0 Å². The Kier molecular flexibility index (Phi) is 6.29. The largest absolute Gasteiger partial charge is 0.419 e. The number of hydrogen-bond donors (Lipinski definition) is 0. The zero-order valence-electron chi connectivity index (χ0n) is 21.2. The van der Waals surface area contributed by atoms with E-state index >= 15 is 0 Å². The highest BCUT2D eigenvalue weighted by Gasteiger charge is 2.31. The molecule has 34 heavy (non-hydrogen) atoms. The highest BCUT2D eigenvalue weighted by molar-refractivity contribution is 6.14. The molecule has 4 aromatic heterocycles. The minimum absolute atomic E-state index is 0.0302. The van der Waals surface area contributed by atoms with E-state index in [0.717, 1.165) is 33.9 Å². The van der Waals surface area contributed by atoms with E-state index < -0.39 is 0 Å². The van der Waals surface area contributed by atoms with Gasteiger partial charge in [-0.3, -0.25) is 4.79 Å². The summed E-state index contributed by atoms with van der Waals surface area (Å²) >= 11 is 0. The lowest BCUT2D eigenvalue weighted by atomic mass is 9.96. The van der Waals surface area contributed by atoms with Gasteiger partial charge in [-0.05, 0) is 52.7 Å². The molecule has 0 aliphatic carbocycles. The lowest BCUT2D eigenvalue weighted by Crippen LogP contribution is -2.08. The van der Waals surface area contributed by atoms with Gasteiger partial charge < -0.3 is 18.0 Å². The zero-order chi connectivity index (χ0) is 24.7. The van der Waals surface area contributed by atoms with Gasteiger partial charge in [-0.25, -0.2) is 0 Å². The fraction of sp³-hybridized carbons (Fsp3) is 0.480. The maximum Gasteiger partial charge on any atom is 0.264 e. The summed E-state index contributed by atoms with van der Waals surface area (Å²) in [4.78, 5) is 14.1. The zero-order valence-corrected chi connectivity index (χ0v) is 21.2. The van der Waals surface area contributed by atoms with Gasteiger partial charge in [-0.1, -0.05) is 13.8 Å². The predicted molar refractivity (Wildman–Crippen MR) is 128 cm³/mol. The van der Waals surface area contributed by atoms with Crippen molar-refractivity contribution in [3.63, 3.8) is 0 Å². The monoisotopic (exact) mass is 464 g/mol. The second kappa shape index (κ2) is 9.04. The van der Waals surface area contributed by atoms with Crippen molar-refractivity contribution >= 4 is 5.78 Å². The normalized spacial score (nSPS) is 11.5. The summed E-state index contributed by atoms with van der Waals surface area (Å²) < 4.78 is 15.9. The van der Waals surface area contributed by atoms with Crippen LogP contribution in [0.15, 0.2) is 8.83 Å². The van der Waals surface area contributed by atoms with Crippen LogP contribution < -0.4 is 0 Å². The number of carbonyl (C=O) groups excluding carboxylic acids is 1. The molecule has 0 saturated carbocycles. The third-order valence-electron chi connectivity index (χ3n) is 6.56. The molecule has 0 saturated heterocycles. The lowest BCUT2D eigenvalue weighted by Gasteiger charge is -2.07. The van der Waals surface area contributed by atoms with Crippen LogP contribution in [0.1, 0.15) is 77.9 Å². The van der Waals surface area contributed by atoms with Crippen LogP contribution in [-0.2, 0) is 25.9 Å². The molecule has 4 heterocycles. The number of carbonyl (C=O) groups is 1.